The summed E-state index contributed by atoms with van der Waals surface area (Å²) in [6, 6.07) is 13.3. The molecule has 6 heteroatoms. The van der Waals surface area contributed by atoms with Gasteiger partial charge < -0.3 is 4.74 Å². The Morgan fingerprint density at radius 2 is 1.39 bits per heavy atom. The van der Waals surface area contributed by atoms with Gasteiger partial charge in [0.25, 0.3) is 0 Å². The molecule has 0 spiro atoms. The third kappa shape index (κ3) is 6.26. The monoisotopic (exact) mass is 502 g/mol. The van der Waals surface area contributed by atoms with Gasteiger partial charge in [0.1, 0.15) is 5.75 Å². The number of alkyl halides is 2. The first-order valence-corrected chi connectivity index (χ1v) is 12.7. The van der Waals surface area contributed by atoms with Crippen molar-refractivity contribution in [3.05, 3.63) is 89.2 Å². The summed E-state index contributed by atoms with van der Waals surface area (Å²) in [6.07, 6.45) is 5.86. The van der Waals surface area contributed by atoms with Crippen molar-refractivity contribution >= 4 is 0 Å². The molecule has 0 saturated heterocycles. The van der Waals surface area contributed by atoms with Crippen molar-refractivity contribution in [2.45, 2.75) is 64.4 Å². The maximum atomic E-state index is 15.0. The smallest absolute Gasteiger partial charge is 0.426 e. The number of para-hydroxylation sites is 1. The summed E-state index contributed by atoms with van der Waals surface area (Å²) in [5.74, 6) is -3.14. The Bertz CT molecular complexity index is 1130. The van der Waals surface area contributed by atoms with Crippen LogP contribution in [0, 0.1) is 29.3 Å². The van der Waals surface area contributed by atoms with Crippen molar-refractivity contribution in [1.82, 2.24) is 0 Å². The van der Waals surface area contributed by atoms with E-state index in [9.17, 15) is 13.2 Å². The van der Waals surface area contributed by atoms with Crippen molar-refractivity contribution in [2.24, 2.45) is 11.8 Å². The van der Waals surface area contributed by atoms with Crippen molar-refractivity contribution in [1.29, 1.82) is 0 Å². The molecule has 0 heterocycles. The molecule has 0 aromatic heterocycles. The van der Waals surface area contributed by atoms with Gasteiger partial charge in [0, 0.05) is 5.56 Å². The maximum Gasteiger partial charge on any atom is 0.426 e. The quantitative estimate of drug-likeness (QED) is 0.209. The Balaban J connectivity index is 1.42. The van der Waals surface area contributed by atoms with E-state index in [1.165, 1.54) is 74.9 Å². The van der Waals surface area contributed by atoms with Crippen molar-refractivity contribution in [3.8, 4) is 16.9 Å². The van der Waals surface area contributed by atoms with Crippen LogP contribution in [-0.2, 0) is 12.5 Å². The van der Waals surface area contributed by atoms with E-state index in [1.807, 2.05) is 0 Å². The predicted molar refractivity (Wildman–Crippen MR) is 131 cm³/mol. The largest absolute Gasteiger partial charge is 0.428 e. The lowest BCUT2D eigenvalue weighted by atomic mass is 9.78. The highest BCUT2D eigenvalue weighted by Gasteiger charge is 2.35. The third-order valence-corrected chi connectivity index (χ3v) is 7.21. The van der Waals surface area contributed by atoms with Crippen LogP contribution in [-0.4, -0.2) is 0 Å². The standard InChI is InChI=1S/C30H31F5O/c1-2-5-20-8-10-21(11-9-20)12-13-22-14-16-24(17-15-22)30(34,35)36-28-7-4-3-6-25(28)23-18-26(31)29(33)27(32)19-23/h3-4,6-7,14-21H,2,5,8-13H2,1H3. The molecule has 0 atom stereocenters. The van der Waals surface area contributed by atoms with Gasteiger partial charge in [-0.15, -0.1) is 0 Å². The third-order valence-electron chi connectivity index (χ3n) is 7.21. The fourth-order valence-corrected chi connectivity index (χ4v) is 5.16. The average molecular weight is 503 g/mol. The molecule has 1 saturated carbocycles. The normalized spacial score (nSPS) is 18.3. The molecule has 1 nitrogen and oxygen atoms in total. The van der Waals surface area contributed by atoms with Gasteiger partial charge in [-0.05, 0) is 66.1 Å². The Labute approximate surface area is 209 Å². The Kier molecular flexibility index (Phi) is 8.32. The highest BCUT2D eigenvalue weighted by Crippen LogP contribution is 2.38. The molecule has 192 valence electrons. The summed E-state index contributed by atoms with van der Waals surface area (Å²) in [5.41, 5.74) is 0.609. The molecular formula is C30H31F5O. The number of halogens is 5. The molecule has 1 fully saturated rings. The van der Waals surface area contributed by atoms with Gasteiger partial charge >= 0.3 is 6.11 Å². The summed E-state index contributed by atoms with van der Waals surface area (Å²) in [4.78, 5) is 0. The number of hydrogen-bond acceptors (Lipinski definition) is 1. The van der Waals surface area contributed by atoms with E-state index in [0.717, 1.165) is 36.5 Å². The second-order valence-electron chi connectivity index (χ2n) is 9.78. The van der Waals surface area contributed by atoms with E-state index in [-0.39, 0.29) is 22.4 Å². The summed E-state index contributed by atoms with van der Waals surface area (Å²) in [5, 5.41) is 0. The maximum absolute atomic E-state index is 15.0. The Morgan fingerprint density at radius 3 is 2.00 bits per heavy atom. The van der Waals surface area contributed by atoms with Crippen molar-refractivity contribution in [3.63, 3.8) is 0 Å². The SMILES string of the molecule is CCCC1CCC(CCc2ccc(C(F)(F)Oc3ccccc3-c3cc(F)c(F)c(F)c3)cc2)CC1. The van der Waals surface area contributed by atoms with Crippen LogP contribution in [0.3, 0.4) is 0 Å². The number of benzene rings is 3. The average Bonchev–Trinajstić information content (AvgIpc) is 2.87. The highest BCUT2D eigenvalue weighted by atomic mass is 19.3. The van der Waals surface area contributed by atoms with E-state index in [1.54, 1.807) is 12.1 Å². The fourth-order valence-electron chi connectivity index (χ4n) is 5.16. The first-order valence-electron chi connectivity index (χ1n) is 12.7. The van der Waals surface area contributed by atoms with Gasteiger partial charge in [-0.25, -0.2) is 13.2 Å². The van der Waals surface area contributed by atoms with E-state index < -0.39 is 23.6 Å². The van der Waals surface area contributed by atoms with Crippen LogP contribution in [0.5, 0.6) is 5.75 Å². The van der Waals surface area contributed by atoms with Crippen molar-refractivity contribution in [2.75, 3.05) is 0 Å². The number of hydrogen-bond donors (Lipinski definition) is 0. The molecule has 0 amide bonds. The van der Waals surface area contributed by atoms with Crippen LogP contribution in [0.1, 0.15) is 63.0 Å². The van der Waals surface area contributed by atoms with Crippen LogP contribution in [0.4, 0.5) is 22.0 Å². The number of rotatable bonds is 9. The van der Waals surface area contributed by atoms with Gasteiger partial charge in [0.15, 0.2) is 17.5 Å². The van der Waals surface area contributed by atoms with Crippen LogP contribution < -0.4 is 4.74 Å². The minimum atomic E-state index is -3.68. The van der Waals surface area contributed by atoms with Gasteiger partial charge in [0.2, 0.25) is 0 Å². The van der Waals surface area contributed by atoms with Crippen LogP contribution in [0.25, 0.3) is 11.1 Å². The zero-order chi connectivity index (χ0) is 25.7. The molecule has 0 aliphatic heterocycles. The predicted octanol–water partition coefficient (Wildman–Crippen LogP) is 9.44. The molecule has 0 bridgehead atoms. The molecule has 1 aliphatic carbocycles. The minimum Gasteiger partial charge on any atom is -0.428 e. The van der Waals surface area contributed by atoms with Gasteiger partial charge in [-0.3, -0.25) is 0 Å². The van der Waals surface area contributed by atoms with Gasteiger partial charge in [-0.1, -0.05) is 75.8 Å². The second-order valence-corrected chi connectivity index (χ2v) is 9.78. The minimum absolute atomic E-state index is 0.0280. The molecule has 4 rings (SSSR count). The lowest BCUT2D eigenvalue weighted by Gasteiger charge is -2.28. The van der Waals surface area contributed by atoms with Gasteiger partial charge in [0.05, 0.1) is 5.56 Å². The Morgan fingerprint density at radius 1 is 0.806 bits per heavy atom. The first kappa shape index (κ1) is 26.2. The molecule has 3 aromatic carbocycles. The van der Waals surface area contributed by atoms with Crippen LogP contribution in [0.2, 0.25) is 0 Å². The summed E-state index contributed by atoms with van der Waals surface area (Å²) in [7, 11) is 0. The molecular weight excluding hydrogens is 471 g/mol. The summed E-state index contributed by atoms with van der Waals surface area (Å²) < 4.78 is 75.9. The zero-order valence-electron chi connectivity index (χ0n) is 20.4. The second kappa shape index (κ2) is 11.4. The first-order chi connectivity index (χ1) is 17.3. The molecule has 36 heavy (non-hydrogen) atoms. The van der Waals surface area contributed by atoms with E-state index in [0.29, 0.717) is 5.92 Å². The van der Waals surface area contributed by atoms with E-state index >= 15 is 8.78 Å². The topological polar surface area (TPSA) is 9.23 Å². The van der Waals surface area contributed by atoms with E-state index in [4.69, 9.17) is 4.74 Å². The molecule has 0 N–H and O–H groups in total. The van der Waals surface area contributed by atoms with Crippen molar-refractivity contribution < 1.29 is 26.7 Å². The number of ether oxygens (including phenoxy) is 1. The lowest BCUT2D eigenvalue weighted by Crippen LogP contribution is -2.22. The van der Waals surface area contributed by atoms with Gasteiger partial charge in [-0.2, -0.15) is 8.78 Å². The lowest BCUT2D eigenvalue weighted by molar-refractivity contribution is -0.185. The number of aryl methyl sites for hydroxylation is 1. The highest BCUT2D eigenvalue weighted by molar-refractivity contribution is 5.70. The van der Waals surface area contributed by atoms with Crippen LogP contribution >= 0.6 is 0 Å². The molecule has 1 aliphatic rings. The summed E-state index contributed by atoms with van der Waals surface area (Å²) >= 11 is 0. The van der Waals surface area contributed by atoms with Crippen LogP contribution in [0.15, 0.2) is 60.7 Å². The molecule has 0 unspecified atom stereocenters. The van der Waals surface area contributed by atoms with E-state index in [2.05, 4.69) is 6.92 Å². The zero-order valence-corrected chi connectivity index (χ0v) is 20.4. The fraction of sp³-hybridized carbons (Fsp3) is 0.400. The molecule has 3 aromatic rings. The summed E-state index contributed by atoms with van der Waals surface area (Å²) in [6.45, 7) is 2.23. The molecule has 0 radical (unpaired) electrons. The Hall–Kier alpha value is -2.89.